The minimum absolute atomic E-state index is 0.000510. The quantitative estimate of drug-likeness (QED) is 0.681. The molecule has 1 N–H and O–H groups in total. The summed E-state index contributed by atoms with van der Waals surface area (Å²) in [6, 6.07) is 4.93. The van der Waals surface area contributed by atoms with Crippen molar-refractivity contribution in [1.29, 1.82) is 0 Å². The normalized spacial score (nSPS) is 12.5. The van der Waals surface area contributed by atoms with Crippen molar-refractivity contribution in [3.05, 3.63) is 49.3 Å². The molecule has 0 saturated carbocycles. The summed E-state index contributed by atoms with van der Waals surface area (Å²) in [5.74, 6) is -0.602. The smallest absolute Gasteiger partial charge is 0.160 e. The fourth-order valence-electron chi connectivity index (χ4n) is 1.52. The molecule has 1 aromatic heterocycles. The van der Waals surface area contributed by atoms with Crippen molar-refractivity contribution in [3.8, 4) is 0 Å². The summed E-state index contributed by atoms with van der Waals surface area (Å²) >= 11 is 18.8. The molecule has 0 saturated heterocycles. The van der Waals surface area contributed by atoms with Gasteiger partial charge >= 0.3 is 0 Å². The number of nitrogens with one attached hydrogen (secondary N) is 1. The second kappa shape index (κ2) is 5.66. The average molecular weight is 325 g/mol. The third-order valence-corrected chi connectivity index (χ3v) is 4.11. The van der Waals surface area contributed by atoms with Gasteiger partial charge in [-0.15, -0.1) is 11.3 Å². The van der Waals surface area contributed by atoms with Gasteiger partial charge in [0.2, 0.25) is 0 Å². The molecule has 0 aliphatic rings. The van der Waals surface area contributed by atoms with E-state index in [2.05, 4.69) is 5.32 Å². The van der Waals surface area contributed by atoms with Gasteiger partial charge in [-0.1, -0.05) is 34.8 Å². The van der Waals surface area contributed by atoms with E-state index in [1.807, 2.05) is 18.4 Å². The van der Waals surface area contributed by atoms with Crippen molar-refractivity contribution >= 4 is 51.8 Å². The lowest BCUT2D eigenvalue weighted by molar-refractivity contribution is 0.628. The van der Waals surface area contributed by atoms with Crippen LogP contribution in [0.2, 0.25) is 14.4 Å². The van der Waals surface area contributed by atoms with Crippen LogP contribution in [0.15, 0.2) is 23.6 Å². The zero-order valence-electron chi connectivity index (χ0n) is 9.31. The van der Waals surface area contributed by atoms with E-state index in [4.69, 9.17) is 34.8 Å². The van der Waals surface area contributed by atoms with Gasteiger partial charge in [0, 0.05) is 11.7 Å². The Kier molecular flexibility index (Phi) is 4.38. The van der Waals surface area contributed by atoms with Crippen LogP contribution in [-0.4, -0.2) is 0 Å². The Morgan fingerprint density at radius 2 is 1.78 bits per heavy atom. The Morgan fingerprint density at radius 1 is 1.17 bits per heavy atom. The van der Waals surface area contributed by atoms with Gasteiger partial charge in [0.05, 0.1) is 14.4 Å². The van der Waals surface area contributed by atoms with Crippen LogP contribution >= 0.6 is 46.1 Å². The lowest BCUT2D eigenvalue weighted by Gasteiger charge is -2.15. The fraction of sp³-hybridized carbons (Fsp3) is 0.167. The number of hydrogen-bond donors (Lipinski definition) is 1. The number of hydrogen-bond acceptors (Lipinski definition) is 2. The Hall–Kier alpha value is -0.480. The van der Waals surface area contributed by atoms with Crippen LogP contribution in [-0.2, 0) is 0 Å². The van der Waals surface area contributed by atoms with Gasteiger partial charge in [0.1, 0.15) is 0 Å². The Bertz CT molecular complexity index is 547. The van der Waals surface area contributed by atoms with Gasteiger partial charge in [-0.05, 0) is 36.1 Å². The van der Waals surface area contributed by atoms with Crippen LogP contribution in [0.3, 0.4) is 0 Å². The van der Waals surface area contributed by atoms with Gasteiger partial charge < -0.3 is 5.32 Å². The van der Waals surface area contributed by atoms with E-state index < -0.39 is 5.82 Å². The number of anilines is 1. The van der Waals surface area contributed by atoms with Crippen LogP contribution in [0.25, 0.3) is 0 Å². The first-order valence-corrected chi connectivity index (χ1v) is 7.13. The third-order valence-electron chi connectivity index (χ3n) is 2.45. The maximum Gasteiger partial charge on any atom is 0.160 e. The minimum Gasteiger partial charge on any atom is -0.378 e. The first-order chi connectivity index (χ1) is 8.47. The standard InChI is InChI=1S/C12H9Cl3FNS/c1-6(7-2-11(15)18-5-7)17-8-3-9(13)12(16)10(14)4-8/h2-6,17H,1H3. The maximum atomic E-state index is 13.3. The number of thiophene rings is 1. The lowest BCUT2D eigenvalue weighted by atomic mass is 10.1. The molecule has 1 atom stereocenters. The predicted molar refractivity (Wildman–Crippen MR) is 77.8 cm³/mol. The van der Waals surface area contributed by atoms with Gasteiger partial charge in [-0.2, -0.15) is 0 Å². The third kappa shape index (κ3) is 3.09. The van der Waals surface area contributed by atoms with Gasteiger partial charge in [0.25, 0.3) is 0 Å². The molecule has 0 bridgehead atoms. The zero-order valence-corrected chi connectivity index (χ0v) is 12.4. The van der Waals surface area contributed by atoms with E-state index >= 15 is 0 Å². The topological polar surface area (TPSA) is 12.0 Å². The lowest BCUT2D eigenvalue weighted by Crippen LogP contribution is -2.05. The highest BCUT2D eigenvalue weighted by Crippen LogP contribution is 2.31. The van der Waals surface area contributed by atoms with Gasteiger partial charge in [-0.3, -0.25) is 0 Å². The van der Waals surface area contributed by atoms with Crippen molar-refractivity contribution < 1.29 is 4.39 Å². The highest BCUT2D eigenvalue weighted by atomic mass is 35.5. The van der Waals surface area contributed by atoms with E-state index in [9.17, 15) is 4.39 Å². The molecule has 0 aliphatic carbocycles. The van der Waals surface area contributed by atoms with E-state index in [1.54, 1.807) is 0 Å². The van der Waals surface area contributed by atoms with Gasteiger partial charge in [0.15, 0.2) is 5.82 Å². The van der Waals surface area contributed by atoms with E-state index in [0.29, 0.717) is 5.69 Å². The molecule has 0 spiro atoms. The molecule has 18 heavy (non-hydrogen) atoms. The first kappa shape index (κ1) is 13.9. The Balaban J connectivity index is 2.19. The minimum atomic E-state index is -0.602. The van der Waals surface area contributed by atoms with E-state index in [0.717, 1.165) is 9.90 Å². The number of rotatable bonds is 3. The summed E-state index contributed by atoms with van der Waals surface area (Å²) in [4.78, 5) is 0. The molecule has 2 aromatic rings. The molecule has 1 aromatic carbocycles. The molecular formula is C12H9Cl3FNS. The SMILES string of the molecule is CC(Nc1cc(Cl)c(F)c(Cl)c1)c1csc(Cl)c1. The Morgan fingerprint density at radius 3 is 2.28 bits per heavy atom. The summed E-state index contributed by atoms with van der Waals surface area (Å²) in [7, 11) is 0. The number of halogens is 4. The summed E-state index contributed by atoms with van der Waals surface area (Å²) < 4.78 is 14.0. The van der Waals surface area contributed by atoms with Gasteiger partial charge in [-0.25, -0.2) is 4.39 Å². The maximum absolute atomic E-state index is 13.3. The van der Waals surface area contributed by atoms with Crippen LogP contribution in [0.1, 0.15) is 18.5 Å². The van der Waals surface area contributed by atoms with Crippen molar-refractivity contribution in [3.63, 3.8) is 0 Å². The van der Waals surface area contributed by atoms with Crippen LogP contribution < -0.4 is 5.32 Å². The summed E-state index contributed by atoms with van der Waals surface area (Å²) in [5.41, 5.74) is 1.72. The van der Waals surface area contributed by atoms with Crippen molar-refractivity contribution in [1.82, 2.24) is 0 Å². The van der Waals surface area contributed by atoms with Crippen molar-refractivity contribution in [2.24, 2.45) is 0 Å². The highest BCUT2D eigenvalue weighted by Gasteiger charge is 2.11. The summed E-state index contributed by atoms with van der Waals surface area (Å²) in [6.07, 6.45) is 0. The van der Waals surface area contributed by atoms with Crippen LogP contribution in [0, 0.1) is 5.82 Å². The molecule has 6 heteroatoms. The second-order valence-corrected chi connectivity index (χ2v) is 6.16. The highest BCUT2D eigenvalue weighted by molar-refractivity contribution is 7.14. The molecule has 96 valence electrons. The Labute approximate surface area is 123 Å². The van der Waals surface area contributed by atoms with E-state index in [1.165, 1.54) is 23.5 Å². The molecule has 1 nitrogen and oxygen atoms in total. The molecule has 1 unspecified atom stereocenters. The van der Waals surface area contributed by atoms with E-state index in [-0.39, 0.29) is 16.1 Å². The molecule has 1 heterocycles. The molecule has 2 rings (SSSR count). The average Bonchev–Trinajstić information content (AvgIpc) is 2.72. The van der Waals surface area contributed by atoms with Crippen molar-refractivity contribution in [2.45, 2.75) is 13.0 Å². The summed E-state index contributed by atoms with van der Waals surface area (Å²) in [5, 5.41) is 5.16. The molecule has 0 amide bonds. The summed E-state index contributed by atoms with van der Waals surface area (Å²) in [6.45, 7) is 1.98. The monoisotopic (exact) mass is 323 g/mol. The predicted octanol–water partition coefficient (Wildman–Crippen LogP) is 6.02. The van der Waals surface area contributed by atoms with Crippen molar-refractivity contribution in [2.75, 3.05) is 5.32 Å². The first-order valence-electron chi connectivity index (χ1n) is 5.12. The van der Waals surface area contributed by atoms with Crippen LogP contribution in [0.5, 0.6) is 0 Å². The van der Waals surface area contributed by atoms with Crippen LogP contribution in [0.4, 0.5) is 10.1 Å². The zero-order chi connectivity index (χ0) is 13.3. The largest absolute Gasteiger partial charge is 0.378 e. The molecule has 0 radical (unpaired) electrons. The second-order valence-electron chi connectivity index (χ2n) is 3.80. The fourth-order valence-corrected chi connectivity index (χ4v) is 2.99. The molecular weight excluding hydrogens is 316 g/mol. The number of benzene rings is 1. The molecule has 0 aliphatic heterocycles. The molecule has 0 fully saturated rings.